The molecule has 2 N–H and O–H groups in total. The SMILES string of the molecule is COc1ccc(CN(C)C(=O)C(N)CC(C)C)cc1OC. The second kappa shape index (κ2) is 7.88. The third-order valence-electron chi connectivity index (χ3n) is 3.29. The summed E-state index contributed by atoms with van der Waals surface area (Å²) in [5, 5.41) is 0. The van der Waals surface area contributed by atoms with E-state index < -0.39 is 6.04 Å². The minimum absolute atomic E-state index is 0.0431. The quantitative estimate of drug-likeness (QED) is 0.836. The number of hydrogen-bond acceptors (Lipinski definition) is 4. The molecule has 5 heteroatoms. The summed E-state index contributed by atoms with van der Waals surface area (Å²) in [6.45, 7) is 4.61. The number of carbonyl (C=O) groups excluding carboxylic acids is 1. The van der Waals surface area contributed by atoms with Crippen molar-refractivity contribution in [3.05, 3.63) is 23.8 Å². The maximum absolute atomic E-state index is 12.2. The number of amides is 1. The van der Waals surface area contributed by atoms with Crippen LogP contribution in [0.4, 0.5) is 0 Å². The Kier molecular flexibility index (Phi) is 6.49. The molecular weight excluding hydrogens is 268 g/mol. The number of rotatable bonds is 7. The summed E-state index contributed by atoms with van der Waals surface area (Å²) in [5.41, 5.74) is 6.91. The summed E-state index contributed by atoms with van der Waals surface area (Å²) in [6, 6.07) is 5.17. The van der Waals surface area contributed by atoms with Crippen molar-refractivity contribution in [2.75, 3.05) is 21.3 Å². The molecule has 1 unspecified atom stereocenters. The Hall–Kier alpha value is -1.75. The molecule has 0 aliphatic carbocycles. The average molecular weight is 294 g/mol. The molecule has 0 fully saturated rings. The van der Waals surface area contributed by atoms with Gasteiger partial charge in [0.05, 0.1) is 20.3 Å². The first-order valence-corrected chi connectivity index (χ1v) is 7.10. The average Bonchev–Trinajstić information content (AvgIpc) is 2.45. The molecular formula is C16H26N2O3. The van der Waals surface area contributed by atoms with Crippen molar-refractivity contribution in [3.8, 4) is 11.5 Å². The molecule has 1 aromatic rings. The standard InChI is InChI=1S/C16H26N2O3/c1-11(2)8-13(17)16(19)18(3)10-12-6-7-14(20-4)15(9-12)21-5/h6-7,9,11,13H,8,10,17H2,1-5H3. The van der Waals surface area contributed by atoms with Gasteiger partial charge in [-0.05, 0) is 30.0 Å². The van der Waals surface area contributed by atoms with Gasteiger partial charge in [-0.3, -0.25) is 4.79 Å². The largest absolute Gasteiger partial charge is 0.493 e. The van der Waals surface area contributed by atoms with Gasteiger partial charge in [-0.2, -0.15) is 0 Å². The van der Waals surface area contributed by atoms with E-state index in [2.05, 4.69) is 13.8 Å². The van der Waals surface area contributed by atoms with Crippen LogP contribution in [0.2, 0.25) is 0 Å². The van der Waals surface area contributed by atoms with Crippen LogP contribution in [0.5, 0.6) is 11.5 Å². The first-order valence-electron chi connectivity index (χ1n) is 7.10. The lowest BCUT2D eigenvalue weighted by atomic mass is 10.0. The molecule has 0 saturated heterocycles. The van der Waals surface area contributed by atoms with Crippen LogP contribution < -0.4 is 15.2 Å². The second-order valence-electron chi connectivity index (χ2n) is 5.62. The molecule has 1 atom stereocenters. The Morgan fingerprint density at radius 2 is 1.86 bits per heavy atom. The van der Waals surface area contributed by atoms with Gasteiger partial charge < -0.3 is 20.1 Å². The lowest BCUT2D eigenvalue weighted by Crippen LogP contribution is -2.42. The molecule has 0 saturated carbocycles. The maximum atomic E-state index is 12.2. The van der Waals surface area contributed by atoms with Crippen molar-refractivity contribution in [1.29, 1.82) is 0 Å². The Bertz CT molecular complexity index is 475. The number of ether oxygens (including phenoxy) is 2. The van der Waals surface area contributed by atoms with E-state index in [1.165, 1.54) is 0 Å². The molecule has 0 aliphatic heterocycles. The first kappa shape index (κ1) is 17.3. The Morgan fingerprint density at radius 3 is 2.38 bits per heavy atom. The van der Waals surface area contributed by atoms with Crippen LogP contribution in [0.1, 0.15) is 25.8 Å². The third kappa shape index (κ3) is 4.93. The van der Waals surface area contributed by atoms with Gasteiger partial charge in [0, 0.05) is 13.6 Å². The first-order chi connectivity index (χ1) is 9.88. The Balaban J connectivity index is 2.74. The number of nitrogens with zero attached hydrogens (tertiary/aromatic N) is 1. The molecule has 0 aliphatic rings. The Labute approximate surface area is 127 Å². The Morgan fingerprint density at radius 1 is 1.24 bits per heavy atom. The van der Waals surface area contributed by atoms with Crippen molar-refractivity contribution in [1.82, 2.24) is 4.90 Å². The molecule has 5 nitrogen and oxygen atoms in total. The maximum Gasteiger partial charge on any atom is 0.239 e. The van der Waals surface area contributed by atoms with Gasteiger partial charge in [0.1, 0.15) is 0 Å². The lowest BCUT2D eigenvalue weighted by Gasteiger charge is -2.22. The van der Waals surface area contributed by atoms with E-state index in [1.807, 2.05) is 18.2 Å². The highest BCUT2D eigenvalue weighted by Gasteiger charge is 2.19. The number of methoxy groups -OCH3 is 2. The zero-order valence-electron chi connectivity index (χ0n) is 13.6. The van der Waals surface area contributed by atoms with Crippen LogP contribution in [0.3, 0.4) is 0 Å². The monoisotopic (exact) mass is 294 g/mol. The van der Waals surface area contributed by atoms with Crippen molar-refractivity contribution in [2.45, 2.75) is 32.9 Å². The van der Waals surface area contributed by atoms with E-state index in [1.54, 1.807) is 26.2 Å². The number of nitrogens with two attached hydrogens (primary N) is 1. The summed E-state index contributed by atoms with van der Waals surface area (Å²) in [4.78, 5) is 13.9. The minimum Gasteiger partial charge on any atom is -0.493 e. The highest BCUT2D eigenvalue weighted by atomic mass is 16.5. The van der Waals surface area contributed by atoms with Crippen molar-refractivity contribution in [2.24, 2.45) is 11.7 Å². The van der Waals surface area contributed by atoms with E-state index in [9.17, 15) is 4.79 Å². The zero-order valence-corrected chi connectivity index (χ0v) is 13.6. The molecule has 0 spiro atoms. The third-order valence-corrected chi connectivity index (χ3v) is 3.29. The van der Waals surface area contributed by atoms with Crippen LogP contribution in [-0.4, -0.2) is 38.1 Å². The van der Waals surface area contributed by atoms with Crippen molar-refractivity contribution >= 4 is 5.91 Å². The minimum atomic E-state index is -0.449. The van der Waals surface area contributed by atoms with E-state index in [4.69, 9.17) is 15.2 Å². The van der Waals surface area contributed by atoms with Crippen LogP contribution in [-0.2, 0) is 11.3 Å². The van der Waals surface area contributed by atoms with Crippen LogP contribution in [0.25, 0.3) is 0 Å². The van der Waals surface area contributed by atoms with Gasteiger partial charge in [-0.1, -0.05) is 19.9 Å². The summed E-state index contributed by atoms with van der Waals surface area (Å²) in [6.07, 6.45) is 0.690. The molecule has 0 heterocycles. The predicted octanol–water partition coefficient (Wildman–Crippen LogP) is 2.04. The van der Waals surface area contributed by atoms with Gasteiger partial charge >= 0.3 is 0 Å². The summed E-state index contributed by atoms with van der Waals surface area (Å²) in [7, 11) is 4.95. The van der Waals surface area contributed by atoms with Gasteiger partial charge in [0.15, 0.2) is 11.5 Å². The predicted molar refractivity (Wildman–Crippen MR) is 83.5 cm³/mol. The van der Waals surface area contributed by atoms with E-state index >= 15 is 0 Å². The summed E-state index contributed by atoms with van der Waals surface area (Å²) < 4.78 is 10.5. The van der Waals surface area contributed by atoms with E-state index in [0.29, 0.717) is 30.4 Å². The van der Waals surface area contributed by atoms with E-state index in [0.717, 1.165) is 5.56 Å². The molecule has 0 aromatic heterocycles. The fourth-order valence-corrected chi connectivity index (χ4v) is 2.22. The topological polar surface area (TPSA) is 64.8 Å². The molecule has 1 aromatic carbocycles. The number of hydrogen-bond donors (Lipinski definition) is 1. The fraction of sp³-hybridized carbons (Fsp3) is 0.562. The van der Waals surface area contributed by atoms with Crippen LogP contribution in [0, 0.1) is 5.92 Å². The van der Waals surface area contributed by atoms with Gasteiger partial charge in [0.2, 0.25) is 5.91 Å². The lowest BCUT2D eigenvalue weighted by molar-refractivity contribution is -0.132. The zero-order chi connectivity index (χ0) is 16.0. The van der Waals surface area contributed by atoms with E-state index in [-0.39, 0.29) is 5.91 Å². The van der Waals surface area contributed by atoms with Crippen molar-refractivity contribution in [3.63, 3.8) is 0 Å². The number of likely N-dealkylation sites (N-methyl/N-ethyl adjacent to an activating group) is 1. The summed E-state index contributed by atoms with van der Waals surface area (Å²) in [5.74, 6) is 1.69. The highest BCUT2D eigenvalue weighted by Crippen LogP contribution is 2.28. The molecule has 0 bridgehead atoms. The smallest absolute Gasteiger partial charge is 0.239 e. The van der Waals surface area contributed by atoms with Gasteiger partial charge in [0.25, 0.3) is 0 Å². The summed E-state index contributed by atoms with van der Waals surface area (Å²) >= 11 is 0. The molecule has 118 valence electrons. The van der Waals surface area contributed by atoms with Crippen LogP contribution in [0.15, 0.2) is 18.2 Å². The molecule has 21 heavy (non-hydrogen) atoms. The molecule has 1 rings (SSSR count). The second-order valence-corrected chi connectivity index (χ2v) is 5.62. The molecule has 0 radical (unpaired) electrons. The fourth-order valence-electron chi connectivity index (χ4n) is 2.22. The van der Waals surface area contributed by atoms with Gasteiger partial charge in [-0.25, -0.2) is 0 Å². The number of benzene rings is 1. The highest BCUT2D eigenvalue weighted by molar-refractivity contribution is 5.81. The van der Waals surface area contributed by atoms with Crippen LogP contribution >= 0.6 is 0 Å². The normalized spacial score (nSPS) is 12.1. The van der Waals surface area contributed by atoms with Crippen molar-refractivity contribution < 1.29 is 14.3 Å². The number of carbonyl (C=O) groups is 1. The molecule has 1 amide bonds. The van der Waals surface area contributed by atoms with Gasteiger partial charge in [-0.15, -0.1) is 0 Å².